The highest BCUT2D eigenvalue weighted by atomic mass is 19.1. The van der Waals surface area contributed by atoms with Gasteiger partial charge in [0, 0.05) is 11.6 Å². The van der Waals surface area contributed by atoms with Crippen molar-refractivity contribution in [3.8, 4) is 17.6 Å². The molecule has 0 fully saturated rings. The van der Waals surface area contributed by atoms with E-state index in [-0.39, 0.29) is 12.4 Å². The molecule has 0 bridgehead atoms. The van der Waals surface area contributed by atoms with Crippen LogP contribution in [0, 0.1) is 23.6 Å². The Morgan fingerprint density at radius 1 is 1.35 bits per heavy atom. The van der Waals surface area contributed by atoms with Gasteiger partial charge in [-0.1, -0.05) is 25.7 Å². The third-order valence-corrected chi connectivity index (χ3v) is 2.15. The fourth-order valence-electron chi connectivity index (χ4n) is 1.27. The number of halogens is 1. The lowest BCUT2D eigenvalue weighted by Gasteiger charge is -2.08. The second kappa shape index (κ2) is 6.93. The highest BCUT2D eigenvalue weighted by Gasteiger charge is 2.01. The maximum atomic E-state index is 13.2. The Kier molecular flexibility index (Phi) is 5.51. The minimum atomic E-state index is -0.380. The standard InChI is InChI=1S/C14H17FO2/c1-11(2)5-7-17-14-9-12(4-3-6-16)8-13(15)10-14/h8-11,16H,5-7H2,1-2H3. The Morgan fingerprint density at radius 2 is 2.12 bits per heavy atom. The van der Waals surface area contributed by atoms with Gasteiger partial charge in [-0.05, 0) is 24.5 Å². The molecule has 0 aliphatic rings. The van der Waals surface area contributed by atoms with E-state index < -0.39 is 0 Å². The number of aliphatic hydroxyl groups is 1. The summed E-state index contributed by atoms with van der Waals surface area (Å²) < 4.78 is 18.7. The van der Waals surface area contributed by atoms with E-state index >= 15 is 0 Å². The zero-order chi connectivity index (χ0) is 12.7. The van der Waals surface area contributed by atoms with E-state index in [1.807, 2.05) is 0 Å². The molecule has 1 aromatic rings. The predicted molar refractivity (Wildman–Crippen MR) is 65.3 cm³/mol. The SMILES string of the molecule is CC(C)CCOc1cc(F)cc(C#CCO)c1. The minimum Gasteiger partial charge on any atom is -0.493 e. The largest absolute Gasteiger partial charge is 0.493 e. The monoisotopic (exact) mass is 236 g/mol. The zero-order valence-electron chi connectivity index (χ0n) is 10.2. The summed E-state index contributed by atoms with van der Waals surface area (Å²) in [4.78, 5) is 0. The highest BCUT2D eigenvalue weighted by molar-refractivity contribution is 5.40. The Balaban J connectivity index is 2.68. The van der Waals surface area contributed by atoms with Gasteiger partial charge in [0.2, 0.25) is 0 Å². The van der Waals surface area contributed by atoms with Crippen LogP contribution in [-0.2, 0) is 0 Å². The molecule has 0 aromatic heterocycles. The first-order chi connectivity index (χ1) is 8.11. The number of rotatable bonds is 4. The fraction of sp³-hybridized carbons (Fsp3) is 0.429. The predicted octanol–water partition coefficient (Wildman–Crippen LogP) is 2.59. The molecule has 2 nitrogen and oxygen atoms in total. The smallest absolute Gasteiger partial charge is 0.128 e. The van der Waals surface area contributed by atoms with Crippen molar-refractivity contribution in [3.63, 3.8) is 0 Å². The summed E-state index contributed by atoms with van der Waals surface area (Å²) in [6.45, 7) is 4.54. The molecule has 92 valence electrons. The van der Waals surface area contributed by atoms with Crippen molar-refractivity contribution in [2.45, 2.75) is 20.3 Å². The van der Waals surface area contributed by atoms with Crippen LogP contribution < -0.4 is 4.74 Å². The lowest BCUT2D eigenvalue weighted by atomic mass is 10.1. The van der Waals surface area contributed by atoms with Crippen LogP contribution in [0.2, 0.25) is 0 Å². The van der Waals surface area contributed by atoms with E-state index in [1.165, 1.54) is 12.1 Å². The average molecular weight is 236 g/mol. The number of aliphatic hydroxyl groups excluding tert-OH is 1. The Hall–Kier alpha value is -1.53. The van der Waals surface area contributed by atoms with Crippen molar-refractivity contribution in [2.24, 2.45) is 5.92 Å². The Bertz CT molecular complexity index is 416. The van der Waals surface area contributed by atoms with Gasteiger partial charge in [0.15, 0.2) is 0 Å². The quantitative estimate of drug-likeness (QED) is 0.814. The topological polar surface area (TPSA) is 29.5 Å². The first-order valence-corrected chi connectivity index (χ1v) is 5.65. The average Bonchev–Trinajstić information content (AvgIpc) is 2.25. The van der Waals surface area contributed by atoms with Gasteiger partial charge >= 0.3 is 0 Å². The van der Waals surface area contributed by atoms with Gasteiger partial charge in [-0.3, -0.25) is 0 Å². The Morgan fingerprint density at radius 3 is 2.76 bits per heavy atom. The molecule has 0 aliphatic carbocycles. The van der Waals surface area contributed by atoms with Crippen molar-refractivity contribution >= 4 is 0 Å². The lowest BCUT2D eigenvalue weighted by Crippen LogP contribution is -2.01. The first kappa shape index (κ1) is 13.5. The van der Waals surface area contributed by atoms with Crippen molar-refractivity contribution in [3.05, 3.63) is 29.6 Å². The van der Waals surface area contributed by atoms with Crippen LogP contribution >= 0.6 is 0 Å². The van der Waals surface area contributed by atoms with Gasteiger partial charge in [0.05, 0.1) is 6.61 Å². The third kappa shape index (κ3) is 5.37. The molecule has 0 radical (unpaired) electrons. The summed E-state index contributed by atoms with van der Waals surface area (Å²) in [5.74, 6) is 5.78. The van der Waals surface area contributed by atoms with Crippen molar-refractivity contribution in [1.82, 2.24) is 0 Å². The lowest BCUT2D eigenvalue weighted by molar-refractivity contribution is 0.288. The van der Waals surface area contributed by atoms with Gasteiger partial charge < -0.3 is 9.84 Å². The highest BCUT2D eigenvalue weighted by Crippen LogP contribution is 2.16. The van der Waals surface area contributed by atoms with E-state index in [9.17, 15) is 4.39 Å². The molecular formula is C14H17FO2. The van der Waals surface area contributed by atoms with E-state index in [2.05, 4.69) is 25.7 Å². The molecule has 0 heterocycles. The summed E-state index contributed by atoms with van der Waals surface area (Å²) in [7, 11) is 0. The van der Waals surface area contributed by atoms with Crippen LogP contribution in [0.15, 0.2) is 18.2 Å². The van der Waals surface area contributed by atoms with Crippen LogP contribution in [0.4, 0.5) is 4.39 Å². The van der Waals surface area contributed by atoms with Crippen LogP contribution in [-0.4, -0.2) is 18.3 Å². The minimum absolute atomic E-state index is 0.236. The molecule has 0 aliphatic heterocycles. The number of ether oxygens (including phenoxy) is 1. The first-order valence-electron chi connectivity index (χ1n) is 5.65. The molecule has 0 spiro atoms. The van der Waals surface area contributed by atoms with Crippen LogP contribution in [0.5, 0.6) is 5.75 Å². The van der Waals surface area contributed by atoms with Gasteiger partial charge in [0.25, 0.3) is 0 Å². The van der Waals surface area contributed by atoms with E-state index in [4.69, 9.17) is 9.84 Å². The Labute approximate surface area is 101 Å². The molecule has 0 saturated carbocycles. The molecule has 0 amide bonds. The summed E-state index contributed by atoms with van der Waals surface area (Å²) >= 11 is 0. The second-order valence-corrected chi connectivity index (χ2v) is 4.17. The fourth-order valence-corrected chi connectivity index (χ4v) is 1.27. The number of hydrogen-bond acceptors (Lipinski definition) is 2. The molecule has 17 heavy (non-hydrogen) atoms. The van der Waals surface area contributed by atoms with Crippen molar-refractivity contribution < 1.29 is 14.2 Å². The summed E-state index contributed by atoms with van der Waals surface area (Å²) in [6, 6.07) is 4.33. The van der Waals surface area contributed by atoms with Crippen molar-refractivity contribution in [2.75, 3.05) is 13.2 Å². The molecule has 3 heteroatoms. The van der Waals surface area contributed by atoms with Crippen LogP contribution in [0.3, 0.4) is 0 Å². The van der Waals surface area contributed by atoms with Gasteiger partial charge in [-0.2, -0.15) is 0 Å². The van der Waals surface area contributed by atoms with E-state index in [1.54, 1.807) is 6.07 Å². The zero-order valence-corrected chi connectivity index (χ0v) is 10.2. The van der Waals surface area contributed by atoms with Gasteiger partial charge in [-0.25, -0.2) is 4.39 Å². The maximum Gasteiger partial charge on any atom is 0.128 e. The van der Waals surface area contributed by atoms with Crippen molar-refractivity contribution in [1.29, 1.82) is 0 Å². The molecule has 1 aromatic carbocycles. The molecular weight excluding hydrogens is 219 g/mol. The van der Waals surface area contributed by atoms with Crippen LogP contribution in [0.1, 0.15) is 25.8 Å². The normalized spacial score (nSPS) is 9.94. The number of hydrogen-bond donors (Lipinski definition) is 1. The summed E-state index contributed by atoms with van der Waals surface area (Å²) in [5, 5.41) is 8.57. The second-order valence-electron chi connectivity index (χ2n) is 4.17. The molecule has 1 N–H and O–H groups in total. The molecule has 1 rings (SSSR count). The molecule has 0 saturated heterocycles. The van der Waals surface area contributed by atoms with E-state index in [0.29, 0.717) is 23.8 Å². The van der Waals surface area contributed by atoms with Gasteiger partial charge in [-0.15, -0.1) is 0 Å². The third-order valence-electron chi connectivity index (χ3n) is 2.15. The molecule has 0 unspecified atom stereocenters. The van der Waals surface area contributed by atoms with E-state index in [0.717, 1.165) is 6.42 Å². The molecule has 0 atom stereocenters. The maximum absolute atomic E-state index is 13.2. The summed E-state index contributed by atoms with van der Waals surface area (Å²) in [5.41, 5.74) is 0.513. The summed E-state index contributed by atoms with van der Waals surface area (Å²) in [6.07, 6.45) is 0.925. The number of benzene rings is 1. The van der Waals surface area contributed by atoms with Crippen LogP contribution in [0.25, 0.3) is 0 Å². The van der Waals surface area contributed by atoms with Gasteiger partial charge in [0.1, 0.15) is 18.2 Å².